The van der Waals surface area contributed by atoms with Crippen molar-refractivity contribution in [3.05, 3.63) is 40.7 Å². The first kappa shape index (κ1) is 17.3. The van der Waals surface area contributed by atoms with Gasteiger partial charge in [0.05, 0.1) is 15.9 Å². The molecule has 136 valence electrons. The molecule has 1 aliphatic rings. The van der Waals surface area contributed by atoms with Gasteiger partial charge in [0, 0.05) is 31.2 Å². The second-order valence-corrected chi connectivity index (χ2v) is 8.11. The lowest BCUT2D eigenvalue weighted by Crippen LogP contribution is -2.48. The van der Waals surface area contributed by atoms with Crippen molar-refractivity contribution in [2.75, 3.05) is 18.0 Å². The van der Waals surface area contributed by atoms with Gasteiger partial charge in [-0.15, -0.1) is 0 Å². The van der Waals surface area contributed by atoms with Crippen molar-refractivity contribution < 1.29 is 4.79 Å². The SMILES string of the molecule is Cc1cc(C(=O)NC2CCCN(c3nc4ccc(Cl)cc4s3)C2)n(C)n1. The van der Waals surface area contributed by atoms with Crippen molar-refractivity contribution in [3.63, 3.8) is 0 Å². The van der Waals surface area contributed by atoms with Crippen molar-refractivity contribution in [3.8, 4) is 0 Å². The summed E-state index contributed by atoms with van der Waals surface area (Å²) in [5.41, 5.74) is 2.40. The minimum absolute atomic E-state index is 0.0731. The van der Waals surface area contributed by atoms with Gasteiger partial charge in [-0.1, -0.05) is 22.9 Å². The number of hydrogen-bond donors (Lipinski definition) is 1. The molecule has 0 radical (unpaired) electrons. The van der Waals surface area contributed by atoms with Crippen LogP contribution >= 0.6 is 22.9 Å². The maximum atomic E-state index is 12.6. The topological polar surface area (TPSA) is 63.1 Å². The molecular weight excluding hydrogens is 370 g/mol. The monoisotopic (exact) mass is 389 g/mol. The third kappa shape index (κ3) is 3.41. The Morgan fingerprint density at radius 1 is 1.38 bits per heavy atom. The molecule has 1 fully saturated rings. The Hall–Kier alpha value is -2.12. The van der Waals surface area contributed by atoms with E-state index in [1.54, 1.807) is 23.1 Å². The average molecular weight is 390 g/mol. The number of halogens is 1. The Morgan fingerprint density at radius 3 is 3.00 bits per heavy atom. The van der Waals surface area contributed by atoms with E-state index >= 15 is 0 Å². The number of aromatic nitrogens is 3. The van der Waals surface area contributed by atoms with Crippen LogP contribution in [-0.2, 0) is 7.05 Å². The molecule has 0 bridgehead atoms. The van der Waals surface area contributed by atoms with Crippen LogP contribution in [0.2, 0.25) is 5.02 Å². The molecule has 0 aliphatic carbocycles. The van der Waals surface area contributed by atoms with E-state index < -0.39 is 0 Å². The Morgan fingerprint density at radius 2 is 2.23 bits per heavy atom. The van der Waals surface area contributed by atoms with Crippen LogP contribution in [0.5, 0.6) is 0 Å². The van der Waals surface area contributed by atoms with Gasteiger partial charge in [0.1, 0.15) is 5.69 Å². The van der Waals surface area contributed by atoms with Crippen LogP contribution in [0.3, 0.4) is 0 Å². The van der Waals surface area contributed by atoms with E-state index in [2.05, 4.69) is 15.3 Å². The zero-order chi connectivity index (χ0) is 18.3. The lowest BCUT2D eigenvalue weighted by atomic mass is 10.1. The van der Waals surface area contributed by atoms with Crippen LogP contribution in [-0.4, -0.2) is 39.8 Å². The van der Waals surface area contributed by atoms with E-state index in [4.69, 9.17) is 16.6 Å². The molecule has 1 atom stereocenters. The number of thiazole rings is 1. The molecule has 8 heteroatoms. The van der Waals surface area contributed by atoms with Crippen molar-refractivity contribution in [2.24, 2.45) is 7.05 Å². The largest absolute Gasteiger partial charge is 0.346 e. The van der Waals surface area contributed by atoms with Crippen LogP contribution in [0.4, 0.5) is 5.13 Å². The molecular formula is C18H20ClN5OS. The molecule has 1 unspecified atom stereocenters. The fraction of sp³-hybridized carbons (Fsp3) is 0.389. The van der Waals surface area contributed by atoms with Crippen molar-refractivity contribution in [1.29, 1.82) is 0 Å². The van der Waals surface area contributed by atoms with Crippen molar-refractivity contribution >= 4 is 44.2 Å². The first-order valence-corrected chi connectivity index (χ1v) is 9.81. The number of anilines is 1. The summed E-state index contributed by atoms with van der Waals surface area (Å²) in [5.74, 6) is -0.0731. The zero-order valence-corrected chi connectivity index (χ0v) is 16.3. The van der Waals surface area contributed by atoms with Crippen LogP contribution in [0.25, 0.3) is 10.2 Å². The molecule has 1 N–H and O–H groups in total. The molecule has 4 rings (SSSR count). The number of carbonyl (C=O) groups excluding carboxylic acids is 1. The summed E-state index contributed by atoms with van der Waals surface area (Å²) in [6.07, 6.45) is 1.99. The fourth-order valence-corrected chi connectivity index (χ4v) is 4.65. The molecule has 1 aromatic carbocycles. The highest BCUT2D eigenvalue weighted by atomic mass is 35.5. The summed E-state index contributed by atoms with van der Waals surface area (Å²) in [5, 5.41) is 9.10. The van der Waals surface area contributed by atoms with E-state index in [-0.39, 0.29) is 11.9 Å². The molecule has 3 aromatic rings. The molecule has 26 heavy (non-hydrogen) atoms. The number of aryl methyl sites for hydroxylation is 2. The number of piperidine rings is 1. The molecule has 2 aromatic heterocycles. The van der Waals surface area contributed by atoms with Crippen LogP contribution in [0, 0.1) is 6.92 Å². The normalized spacial score (nSPS) is 17.7. The van der Waals surface area contributed by atoms with Crippen LogP contribution < -0.4 is 10.2 Å². The van der Waals surface area contributed by atoms with Gasteiger partial charge < -0.3 is 10.2 Å². The summed E-state index contributed by atoms with van der Waals surface area (Å²) < 4.78 is 2.71. The quantitative estimate of drug-likeness (QED) is 0.745. The van der Waals surface area contributed by atoms with Gasteiger partial charge in [-0.3, -0.25) is 9.48 Å². The fourth-order valence-electron chi connectivity index (χ4n) is 3.37. The van der Waals surface area contributed by atoms with Crippen molar-refractivity contribution in [1.82, 2.24) is 20.1 Å². The first-order valence-electron chi connectivity index (χ1n) is 8.62. The summed E-state index contributed by atoms with van der Waals surface area (Å²) in [6, 6.07) is 7.68. The minimum Gasteiger partial charge on any atom is -0.346 e. The number of fused-ring (bicyclic) bond motifs is 1. The number of benzene rings is 1. The Balaban J connectivity index is 1.48. The maximum Gasteiger partial charge on any atom is 0.269 e. The molecule has 3 heterocycles. The van der Waals surface area contributed by atoms with Gasteiger partial charge in [0.2, 0.25) is 0 Å². The Kier molecular flexibility index (Phi) is 4.58. The lowest BCUT2D eigenvalue weighted by molar-refractivity contribution is 0.0923. The van der Waals surface area contributed by atoms with Gasteiger partial charge in [-0.25, -0.2) is 4.98 Å². The van der Waals surface area contributed by atoms with E-state index in [1.807, 2.05) is 31.2 Å². The van der Waals surface area contributed by atoms with Gasteiger partial charge in [0.15, 0.2) is 5.13 Å². The predicted molar refractivity (Wildman–Crippen MR) is 105 cm³/mol. The van der Waals surface area contributed by atoms with Gasteiger partial charge in [-0.05, 0) is 44.0 Å². The van der Waals surface area contributed by atoms with Crippen LogP contribution in [0.15, 0.2) is 24.3 Å². The molecule has 1 aliphatic heterocycles. The highest BCUT2D eigenvalue weighted by Gasteiger charge is 2.25. The highest BCUT2D eigenvalue weighted by Crippen LogP contribution is 2.32. The number of hydrogen-bond acceptors (Lipinski definition) is 5. The summed E-state index contributed by atoms with van der Waals surface area (Å²) in [7, 11) is 1.79. The van der Waals surface area contributed by atoms with Gasteiger partial charge in [-0.2, -0.15) is 5.10 Å². The third-order valence-corrected chi connectivity index (χ3v) is 5.92. The standard InChI is InChI=1S/C18H20ClN5OS/c1-11-8-15(23(2)22-11)17(25)20-13-4-3-7-24(10-13)18-21-14-6-5-12(19)9-16(14)26-18/h5-6,8-9,13H,3-4,7,10H2,1-2H3,(H,20,25). The number of nitrogens with zero attached hydrogens (tertiary/aromatic N) is 4. The number of carbonyl (C=O) groups is 1. The van der Waals surface area contributed by atoms with E-state index in [1.165, 1.54) is 0 Å². The lowest BCUT2D eigenvalue weighted by Gasteiger charge is -2.32. The first-order chi connectivity index (χ1) is 12.5. The number of nitrogens with one attached hydrogen (secondary N) is 1. The minimum atomic E-state index is -0.0731. The van der Waals surface area contributed by atoms with E-state index in [0.29, 0.717) is 5.69 Å². The second kappa shape index (κ2) is 6.89. The van der Waals surface area contributed by atoms with Gasteiger partial charge in [0.25, 0.3) is 5.91 Å². The highest BCUT2D eigenvalue weighted by molar-refractivity contribution is 7.22. The molecule has 0 spiro atoms. The molecule has 6 nitrogen and oxygen atoms in total. The molecule has 1 saturated heterocycles. The van der Waals surface area contributed by atoms with Crippen molar-refractivity contribution in [2.45, 2.75) is 25.8 Å². The van der Waals surface area contributed by atoms with Crippen LogP contribution in [0.1, 0.15) is 29.0 Å². The Labute approximate surface area is 160 Å². The average Bonchev–Trinajstić information content (AvgIpc) is 3.17. The molecule has 1 amide bonds. The molecule has 0 saturated carbocycles. The van der Waals surface area contributed by atoms with Gasteiger partial charge >= 0.3 is 0 Å². The number of amides is 1. The zero-order valence-electron chi connectivity index (χ0n) is 14.7. The van der Waals surface area contributed by atoms with E-state index in [9.17, 15) is 4.79 Å². The summed E-state index contributed by atoms with van der Waals surface area (Å²) in [4.78, 5) is 19.5. The maximum absolute atomic E-state index is 12.6. The number of rotatable bonds is 3. The van der Waals surface area contributed by atoms with E-state index in [0.717, 1.165) is 52.0 Å². The summed E-state index contributed by atoms with van der Waals surface area (Å²) in [6.45, 7) is 3.60. The third-order valence-electron chi connectivity index (χ3n) is 4.60. The predicted octanol–water partition coefficient (Wildman–Crippen LogP) is 3.39. The summed E-state index contributed by atoms with van der Waals surface area (Å²) >= 11 is 7.72. The Bertz CT molecular complexity index is 966. The second-order valence-electron chi connectivity index (χ2n) is 6.66. The smallest absolute Gasteiger partial charge is 0.269 e.